The minimum atomic E-state index is -0.449. The molecule has 1 aromatic carbocycles. The van der Waals surface area contributed by atoms with Gasteiger partial charge in [-0.25, -0.2) is 4.39 Å². The molecule has 0 aromatic heterocycles. The molecule has 23 heavy (non-hydrogen) atoms. The first-order chi connectivity index (χ1) is 10.9. The number of piperazine rings is 1. The molecule has 1 unspecified atom stereocenters. The molecule has 0 amide bonds. The van der Waals surface area contributed by atoms with Crippen LogP contribution in [0.4, 0.5) is 4.39 Å². The summed E-state index contributed by atoms with van der Waals surface area (Å²) in [6, 6.07) is 4.55. The van der Waals surface area contributed by atoms with Crippen molar-refractivity contribution in [3.63, 3.8) is 0 Å². The van der Waals surface area contributed by atoms with Crippen molar-refractivity contribution in [3.05, 3.63) is 34.6 Å². The topological polar surface area (TPSA) is 35.9 Å². The van der Waals surface area contributed by atoms with E-state index in [0.717, 1.165) is 38.3 Å². The number of hydrogen-bond acceptors (Lipinski definition) is 4. The van der Waals surface area contributed by atoms with Crippen LogP contribution in [-0.2, 0) is 11.3 Å². The number of aliphatic hydroxyl groups is 1. The van der Waals surface area contributed by atoms with Crippen molar-refractivity contribution in [1.29, 1.82) is 0 Å². The lowest BCUT2D eigenvalue weighted by atomic mass is 10.2. The maximum absolute atomic E-state index is 13.1. The molecule has 1 aliphatic rings. The number of benzene rings is 1. The van der Waals surface area contributed by atoms with Gasteiger partial charge in [-0.15, -0.1) is 0 Å². The first-order valence-electron chi connectivity index (χ1n) is 8.12. The Bertz CT molecular complexity index is 493. The van der Waals surface area contributed by atoms with Gasteiger partial charge in [0.05, 0.1) is 18.8 Å². The van der Waals surface area contributed by atoms with E-state index in [1.807, 2.05) is 13.8 Å². The molecular weight excluding hydrogens is 319 g/mol. The summed E-state index contributed by atoms with van der Waals surface area (Å²) in [6.07, 6.45) is -0.308. The fourth-order valence-corrected chi connectivity index (χ4v) is 2.90. The van der Waals surface area contributed by atoms with Crippen LogP contribution in [0.15, 0.2) is 18.2 Å². The molecule has 1 heterocycles. The Morgan fingerprint density at radius 3 is 2.48 bits per heavy atom. The molecule has 0 spiro atoms. The van der Waals surface area contributed by atoms with Crippen LogP contribution < -0.4 is 0 Å². The van der Waals surface area contributed by atoms with Gasteiger partial charge in [-0.05, 0) is 31.5 Å². The Kier molecular flexibility index (Phi) is 7.24. The molecule has 130 valence electrons. The molecule has 0 bridgehead atoms. The zero-order valence-corrected chi connectivity index (χ0v) is 14.6. The van der Waals surface area contributed by atoms with Crippen molar-refractivity contribution in [2.75, 3.05) is 39.3 Å². The summed E-state index contributed by atoms with van der Waals surface area (Å²) in [4.78, 5) is 4.55. The largest absolute Gasteiger partial charge is 0.389 e. The molecular formula is C17H26ClFN2O2. The summed E-state index contributed by atoms with van der Waals surface area (Å²) < 4.78 is 18.5. The third-order valence-electron chi connectivity index (χ3n) is 3.96. The summed E-state index contributed by atoms with van der Waals surface area (Å²) in [6.45, 7) is 9.29. The average Bonchev–Trinajstić information content (AvgIpc) is 2.50. The minimum Gasteiger partial charge on any atom is -0.389 e. The van der Waals surface area contributed by atoms with Crippen molar-refractivity contribution in [2.45, 2.75) is 32.6 Å². The van der Waals surface area contributed by atoms with Gasteiger partial charge >= 0.3 is 0 Å². The Hall–Kier alpha value is -0.720. The zero-order valence-electron chi connectivity index (χ0n) is 13.8. The average molecular weight is 345 g/mol. The van der Waals surface area contributed by atoms with E-state index in [4.69, 9.17) is 16.3 Å². The Morgan fingerprint density at radius 1 is 1.22 bits per heavy atom. The highest BCUT2D eigenvalue weighted by Crippen LogP contribution is 2.19. The molecule has 1 saturated heterocycles. The van der Waals surface area contributed by atoms with Gasteiger partial charge in [0.25, 0.3) is 0 Å². The molecule has 1 aliphatic heterocycles. The number of ether oxygens (including phenoxy) is 1. The molecule has 1 aromatic rings. The summed E-state index contributed by atoms with van der Waals surface area (Å²) in [5.41, 5.74) is 0.951. The second kappa shape index (κ2) is 8.94. The lowest BCUT2D eigenvalue weighted by Gasteiger charge is -2.35. The van der Waals surface area contributed by atoms with Crippen LogP contribution in [-0.4, -0.2) is 66.4 Å². The van der Waals surface area contributed by atoms with Gasteiger partial charge in [-0.2, -0.15) is 0 Å². The van der Waals surface area contributed by atoms with Gasteiger partial charge in [-0.1, -0.05) is 17.7 Å². The first kappa shape index (κ1) is 18.6. The zero-order chi connectivity index (χ0) is 16.8. The normalized spacial score (nSPS) is 18.5. The van der Waals surface area contributed by atoms with E-state index in [0.29, 0.717) is 18.2 Å². The molecule has 1 fully saturated rings. The van der Waals surface area contributed by atoms with Crippen LogP contribution in [0.5, 0.6) is 0 Å². The molecule has 2 rings (SSSR count). The molecule has 0 radical (unpaired) electrons. The van der Waals surface area contributed by atoms with Crippen molar-refractivity contribution in [3.8, 4) is 0 Å². The van der Waals surface area contributed by atoms with Crippen molar-refractivity contribution < 1.29 is 14.2 Å². The van der Waals surface area contributed by atoms with E-state index >= 15 is 0 Å². The third kappa shape index (κ3) is 6.36. The van der Waals surface area contributed by atoms with Gasteiger partial charge in [0.15, 0.2) is 0 Å². The molecule has 6 heteroatoms. The quantitative estimate of drug-likeness (QED) is 0.824. The van der Waals surface area contributed by atoms with E-state index in [2.05, 4.69) is 9.80 Å². The van der Waals surface area contributed by atoms with Gasteiger partial charge < -0.3 is 9.84 Å². The molecule has 1 N–H and O–H groups in total. The van der Waals surface area contributed by atoms with Crippen LogP contribution in [0.1, 0.15) is 19.4 Å². The van der Waals surface area contributed by atoms with Crippen LogP contribution >= 0.6 is 11.6 Å². The fraction of sp³-hybridized carbons (Fsp3) is 0.647. The smallest absolute Gasteiger partial charge is 0.124 e. The Balaban J connectivity index is 1.73. The van der Waals surface area contributed by atoms with Crippen molar-refractivity contribution in [1.82, 2.24) is 9.80 Å². The molecule has 1 atom stereocenters. The molecule has 0 saturated carbocycles. The lowest BCUT2D eigenvalue weighted by molar-refractivity contribution is -0.0148. The lowest BCUT2D eigenvalue weighted by Crippen LogP contribution is -2.48. The van der Waals surface area contributed by atoms with Crippen molar-refractivity contribution in [2.24, 2.45) is 0 Å². The number of β-amino-alcohol motifs (C(OH)–C–C–N with tert-alkyl or cyclic N) is 1. The molecule has 0 aliphatic carbocycles. The van der Waals surface area contributed by atoms with Crippen molar-refractivity contribution >= 4 is 11.6 Å². The number of hydrogen-bond donors (Lipinski definition) is 1. The predicted octanol–water partition coefficient (Wildman–Crippen LogP) is 2.38. The first-order valence-corrected chi connectivity index (χ1v) is 8.50. The van der Waals surface area contributed by atoms with E-state index in [1.165, 1.54) is 12.1 Å². The van der Waals surface area contributed by atoms with Crippen LogP contribution in [0.25, 0.3) is 0 Å². The van der Waals surface area contributed by atoms with E-state index in [9.17, 15) is 9.50 Å². The number of aliphatic hydroxyl groups excluding tert-OH is 1. The standard InChI is InChI=1S/C17H26ClFN2O2/c1-13(2)23-12-16(22)11-21-7-5-20(6-8-21)10-14-3-4-15(19)9-17(14)18/h3-4,9,13,16,22H,5-8,10-12H2,1-2H3. The Morgan fingerprint density at radius 2 is 1.87 bits per heavy atom. The van der Waals surface area contributed by atoms with Crippen LogP contribution in [0.2, 0.25) is 5.02 Å². The predicted molar refractivity (Wildman–Crippen MR) is 90.2 cm³/mol. The number of nitrogens with zero attached hydrogens (tertiary/aromatic N) is 2. The highest BCUT2D eigenvalue weighted by molar-refractivity contribution is 6.31. The second-order valence-electron chi connectivity index (χ2n) is 6.35. The highest BCUT2D eigenvalue weighted by Gasteiger charge is 2.20. The SMILES string of the molecule is CC(C)OCC(O)CN1CCN(Cc2ccc(F)cc2Cl)CC1. The number of halogens is 2. The van der Waals surface area contributed by atoms with Crippen LogP contribution in [0, 0.1) is 5.82 Å². The van der Waals surface area contributed by atoms with Gasteiger partial charge in [0, 0.05) is 44.3 Å². The summed E-state index contributed by atoms with van der Waals surface area (Å²) in [5.74, 6) is -0.304. The Labute approximate surface area is 142 Å². The molecule has 4 nitrogen and oxygen atoms in total. The highest BCUT2D eigenvalue weighted by atomic mass is 35.5. The summed E-state index contributed by atoms with van der Waals surface area (Å²) in [7, 11) is 0. The second-order valence-corrected chi connectivity index (χ2v) is 6.76. The van der Waals surface area contributed by atoms with E-state index < -0.39 is 6.10 Å². The van der Waals surface area contributed by atoms with E-state index in [-0.39, 0.29) is 11.9 Å². The van der Waals surface area contributed by atoms with Gasteiger partial charge in [0.1, 0.15) is 5.82 Å². The fourth-order valence-electron chi connectivity index (χ4n) is 2.68. The van der Waals surface area contributed by atoms with Crippen LogP contribution in [0.3, 0.4) is 0 Å². The number of rotatable bonds is 7. The monoisotopic (exact) mass is 344 g/mol. The van der Waals surface area contributed by atoms with Gasteiger partial charge in [0.2, 0.25) is 0 Å². The van der Waals surface area contributed by atoms with E-state index in [1.54, 1.807) is 6.07 Å². The van der Waals surface area contributed by atoms with Gasteiger partial charge in [-0.3, -0.25) is 9.80 Å². The maximum Gasteiger partial charge on any atom is 0.124 e. The summed E-state index contributed by atoms with van der Waals surface area (Å²) >= 11 is 6.08. The maximum atomic E-state index is 13.1. The minimum absolute atomic E-state index is 0.141. The summed E-state index contributed by atoms with van der Waals surface area (Å²) in [5, 5.41) is 10.5. The third-order valence-corrected chi connectivity index (χ3v) is 4.32.